The summed E-state index contributed by atoms with van der Waals surface area (Å²) in [7, 11) is 5.61. The van der Waals surface area contributed by atoms with Crippen LogP contribution in [-0.4, -0.2) is 62.8 Å². The van der Waals surface area contributed by atoms with Gasteiger partial charge in [0.2, 0.25) is 5.91 Å². The highest BCUT2D eigenvalue weighted by atomic mass is 16.2. The Labute approximate surface area is 146 Å². The molecule has 1 saturated heterocycles. The lowest BCUT2D eigenvalue weighted by atomic mass is 9.88. The van der Waals surface area contributed by atoms with E-state index in [1.54, 1.807) is 18.6 Å². The summed E-state index contributed by atoms with van der Waals surface area (Å²) in [5.41, 5.74) is 2.07. The number of aryl methyl sites for hydroxylation is 1. The number of hydrogen-bond donors (Lipinski definition) is 0. The molecule has 0 radical (unpaired) electrons. The van der Waals surface area contributed by atoms with Gasteiger partial charge in [-0.1, -0.05) is 0 Å². The molecular weight excluding hydrogens is 318 g/mol. The number of amides is 2. The van der Waals surface area contributed by atoms with Crippen LogP contribution in [0.5, 0.6) is 0 Å². The minimum atomic E-state index is -0.0246. The number of hydrogen-bond acceptors (Lipinski definition) is 4. The van der Waals surface area contributed by atoms with Crippen LogP contribution in [-0.2, 0) is 11.8 Å². The summed E-state index contributed by atoms with van der Waals surface area (Å²) >= 11 is 0. The molecule has 0 N–H and O–H groups in total. The smallest absolute Gasteiger partial charge is 0.255 e. The monoisotopic (exact) mass is 341 g/mol. The molecule has 1 aliphatic carbocycles. The topological polar surface area (TPSA) is 71.3 Å². The lowest BCUT2D eigenvalue weighted by Crippen LogP contribution is -2.39. The summed E-state index contributed by atoms with van der Waals surface area (Å²) in [5.74, 6) is 1.10. The summed E-state index contributed by atoms with van der Waals surface area (Å²) in [5, 5.41) is 0. The second-order valence-electron chi connectivity index (χ2n) is 7.46. The fraction of sp³-hybridized carbons (Fsp3) is 0.556. The predicted molar refractivity (Wildman–Crippen MR) is 92.9 cm³/mol. The van der Waals surface area contributed by atoms with E-state index >= 15 is 0 Å². The number of fused-ring (bicyclic) bond motifs is 2. The van der Waals surface area contributed by atoms with Gasteiger partial charge in [0.1, 0.15) is 5.52 Å². The first-order valence-electron chi connectivity index (χ1n) is 8.72. The van der Waals surface area contributed by atoms with Gasteiger partial charge in [-0.25, -0.2) is 9.97 Å². The summed E-state index contributed by atoms with van der Waals surface area (Å²) < 4.78 is 1.84. The fourth-order valence-electron chi connectivity index (χ4n) is 4.31. The van der Waals surface area contributed by atoms with Crippen molar-refractivity contribution in [2.45, 2.75) is 25.3 Å². The number of nitrogens with zero attached hydrogens (tertiary/aromatic N) is 5. The SMILES string of the molecule is CN1C[C@H]2C[C@@H](N(C)C(=O)c3cnc4c(c3)ncn4C)C[C@H]2CC1=O. The summed E-state index contributed by atoms with van der Waals surface area (Å²) in [6, 6.07) is 1.99. The summed E-state index contributed by atoms with van der Waals surface area (Å²) in [4.78, 5) is 37.1. The number of likely N-dealkylation sites (tertiary alicyclic amines) is 1. The highest BCUT2D eigenvalue weighted by Gasteiger charge is 2.42. The van der Waals surface area contributed by atoms with Crippen LogP contribution in [0.2, 0.25) is 0 Å². The third kappa shape index (κ3) is 2.67. The van der Waals surface area contributed by atoms with Crippen molar-refractivity contribution in [1.29, 1.82) is 0 Å². The Bertz CT molecular complexity index is 845. The third-order valence-corrected chi connectivity index (χ3v) is 5.85. The number of piperidine rings is 1. The number of carbonyl (C=O) groups is 2. The van der Waals surface area contributed by atoms with Crippen molar-refractivity contribution in [3.8, 4) is 0 Å². The molecule has 2 amide bonds. The lowest BCUT2D eigenvalue weighted by Gasteiger charge is -2.31. The molecule has 25 heavy (non-hydrogen) atoms. The molecule has 0 aromatic carbocycles. The van der Waals surface area contributed by atoms with Crippen LogP contribution in [0.15, 0.2) is 18.6 Å². The quantitative estimate of drug-likeness (QED) is 0.825. The zero-order valence-electron chi connectivity index (χ0n) is 14.8. The molecule has 0 spiro atoms. The maximum absolute atomic E-state index is 12.9. The van der Waals surface area contributed by atoms with E-state index in [1.165, 1.54) is 0 Å². The average molecular weight is 341 g/mol. The van der Waals surface area contributed by atoms with E-state index in [9.17, 15) is 9.59 Å². The Morgan fingerprint density at radius 2 is 2.00 bits per heavy atom. The fourth-order valence-corrected chi connectivity index (χ4v) is 4.31. The molecule has 2 aromatic rings. The zero-order valence-corrected chi connectivity index (χ0v) is 14.8. The van der Waals surface area contributed by atoms with Crippen molar-refractivity contribution in [2.24, 2.45) is 18.9 Å². The molecule has 3 atom stereocenters. The van der Waals surface area contributed by atoms with Crippen molar-refractivity contribution >= 4 is 23.0 Å². The highest BCUT2D eigenvalue weighted by molar-refractivity contribution is 5.96. The molecule has 7 heteroatoms. The molecule has 0 unspecified atom stereocenters. The van der Waals surface area contributed by atoms with Gasteiger partial charge >= 0.3 is 0 Å². The molecular formula is C18H23N5O2. The van der Waals surface area contributed by atoms with E-state index in [0.29, 0.717) is 23.8 Å². The third-order valence-electron chi connectivity index (χ3n) is 5.85. The number of aromatic nitrogens is 3. The normalized spacial score (nSPS) is 26.1. The van der Waals surface area contributed by atoms with E-state index in [4.69, 9.17) is 0 Å². The van der Waals surface area contributed by atoms with E-state index < -0.39 is 0 Å². The van der Waals surface area contributed by atoms with Gasteiger partial charge in [-0.05, 0) is 30.7 Å². The maximum Gasteiger partial charge on any atom is 0.255 e. The number of rotatable bonds is 2. The van der Waals surface area contributed by atoms with Crippen LogP contribution in [0, 0.1) is 11.8 Å². The standard InChI is InChI=1S/C18H23N5O2/c1-21-9-13-5-14(4-11(13)7-16(21)24)23(3)18(25)12-6-15-17(19-8-12)22(2)10-20-15/h6,8,10-11,13-14H,4-5,7,9H2,1-3H3/t11-,13+,14-/m0/s1. The minimum absolute atomic E-state index is 0.0246. The molecule has 4 rings (SSSR count). The minimum Gasteiger partial charge on any atom is -0.345 e. The van der Waals surface area contributed by atoms with Gasteiger partial charge in [-0.2, -0.15) is 0 Å². The van der Waals surface area contributed by atoms with Crippen molar-refractivity contribution < 1.29 is 9.59 Å². The molecule has 3 heterocycles. The van der Waals surface area contributed by atoms with Gasteiger partial charge in [0.15, 0.2) is 5.65 Å². The van der Waals surface area contributed by atoms with Gasteiger partial charge in [0, 0.05) is 46.3 Å². The zero-order chi connectivity index (χ0) is 17.7. The van der Waals surface area contributed by atoms with Crippen molar-refractivity contribution in [2.75, 3.05) is 20.6 Å². The van der Waals surface area contributed by atoms with E-state index in [2.05, 4.69) is 9.97 Å². The second kappa shape index (κ2) is 5.82. The molecule has 0 bridgehead atoms. The largest absolute Gasteiger partial charge is 0.345 e. The van der Waals surface area contributed by atoms with Crippen LogP contribution in [0.4, 0.5) is 0 Å². The van der Waals surface area contributed by atoms with Gasteiger partial charge < -0.3 is 14.4 Å². The van der Waals surface area contributed by atoms with Crippen molar-refractivity contribution in [3.63, 3.8) is 0 Å². The van der Waals surface area contributed by atoms with Gasteiger partial charge in [-0.3, -0.25) is 9.59 Å². The first kappa shape index (κ1) is 16.1. The van der Waals surface area contributed by atoms with Gasteiger partial charge in [0.25, 0.3) is 5.91 Å². The van der Waals surface area contributed by atoms with E-state index in [0.717, 1.165) is 30.6 Å². The van der Waals surface area contributed by atoms with Crippen LogP contribution in [0.3, 0.4) is 0 Å². The Morgan fingerprint density at radius 3 is 2.80 bits per heavy atom. The Kier molecular flexibility index (Phi) is 3.74. The van der Waals surface area contributed by atoms with Crippen LogP contribution in [0.1, 0.15) is 29.6 Å². The van der Waals surface area contributed by atoms with E-state index in [1.807, 2.05) is 35.5 Å². The summed E-state index contributed by atoms with van der Waals surface area (Å²) in [6.07, 6.45) is 5.81. The molecule has 2 aliphatic rings. The lowest BCUT2D eigenvalue weighted by molar-refractivity contribution is -0.134. The molecule has 1 aliphatic heterocycles. The maximum atomic E-state index is 12.9. The molecule has 7 nitrogen and oxygen atoms in total. The molecule has 1 saturated carbocycles. The average Bonchev–Trinajstić information content (AvgIpc) is 3.17. The number of pyridine rings is 1. The van der Waals surface area contributed by atoms with Crippen molar-refractivity contribution in [3.05, 3.63) is 24.2 Å². The Morgan fingerprint density at radius 1 is 1.24 bits per heavy atom. The molecule has 2 aromatic heterocycles. The van der Waals surface area contributed by atoms with Crippen LogP contribution >= 0.6 is 0 Å². The van der Waals surface area contributed by atoms with Crippen LogP contribution < -0.4 is 0 Å². The first-order valence-corrected chi connectivity index (χ1v) is 8.72. The molecule has 2 fully saturated rings. The van der Waals surface area contributed by atoms with E-state index in [-0.39, 0.29) is 17.9 Å². The van der Waals surface area contributed by atoms with Crippen LogP contribution in [0.25, 0.3) is 11.2 Å². The Hall–Kier alpha value is -2.44. The summed E-state index contributed by atoms with van der Waals surface area (Å²) in [6.45, 7) is 0.809. The molecule has 132 valence electrons. The Balaban J connectivity index is 1.51. The van der Waals surface area contributed by atoms with Gasteiger partial charge in [0.05, 0.1) is 11.9 Å². The highest BCUT2D eigenvalue weighted by Crippen LogP contribution is 2.40. The van der Waals surface area contributed by atoms with Crippen molar-refractivity contribution in [1.82, 2.24) is 24.3 Å². The predicted octanol–water partition coefficient (Wildman–Crippen LogP) is 1.30. The van der Waals surface area contributed by atoms with Gasteiger partial charge in [-0.15, -0.1) is 0 Å². The number of imidazole rings is 1. The second-order valence-corrected chi connectivity index (χ2v) is 7.46. The first-order chi connectivity index (χ1) is 11.9. The number of carbonyl (C=O) groups excluding carboxylic acids is 2.